The standard InChI is InChI=1S/C15H24ClNO2/c1-5-11(3)9-17(6-2)10-12-7-13(16)8-14(19-4)15(12)18/h7-8,11,18H,5-6,9-10H2,1-4H3. The fourth-order valence-electron chi connectivity index (χ4n) is 2.02. The Bertz CT molecular complexity index is 409. The van der Waals surface area contributed by atoms with Gasteiger partial charge in [0.05, 0.1) is 7.11 Å². The van der Waals surface area contributed by atoms with Gasteiger partial charge in [-0.1, -0.05) is 38.8 Å². The van der Waals surface area contributed by atoms with Crippen molar-refractivity contribution in [1.82, 2.24) is 4.90 Å². The van der Waals surface area contributed by atoms with Gasteiger partial charge in [0.15, 0.2) is 11.5 Å². The number of methoxy groups -OCH3 is 1. The third-order valence-corrected chi connectivity index (χ3v) is 3.66. The van der Waals surface area contributed by atoms with Gasteiger partial charge >= 0.3 is 0 Å². The SMILES string of the molecule is CCC(C)CN(CC)Cc1cc(Cl)cc(OC)c1O. The molecular formula is C15H24ClNO2. The van der Waals surface area contributed by atoms with Gasteiger partial charge in [-0.05, 0) is 18.5 Å². The molecule has 0 aliphatic carbocycles. The molecular weight excluding hydrogens is 262 g/mol. The summed E-state index contributed by atoms with van der Waals surface area (Å²) in [4.78, 5) is 2.30. The van der Waals surface area contributed by atoms with Crippen LogP contribution in [0.4, 0.5) is 0 Å². The van der Waals surface area contributed by atoms with Crippen LogP contribution in [0, 0.1) is 5.92 Å². The fourth-order valence-corrected chi connectivity index (χ4v) is 2.25. The lowest BCUT2D eigenvalue weighted by Gasteiger charge is -2.24. The Balaban J connectivity index is 2.87. The normalized spacial score (nSPS) is 12.7. The zero-order valence-electron chi connectivity index (χ0n) is 12.2. The van der Waals surface area contributed by atoms with Crippen molar-refractivity contribution in [3.8, 4) is 11.5 Å². The summed E-state index contributed by atoms with van der Waals surface area (Å²) in [6, 6.07) is 3.43. The highest BCUT2D eigenvalue weighted by Gasteiger charge is 2.14. The highest BCUT2D eigenvalue weighted by atomic mass is 35.5. The van der Waals surface area contributed by atoms with E-state index < -0.39 is 0 Å². The molecule has 4 heteroatoms. The van der Waals surface area contributed by atoms with Crippen molar-refractivity contribution < 1.29 is 9.84 Å². The Morgan fingerprint density at radius 3 is 2.58 bits per heavy atom. The number of hydrogen-bond donors (Lipinski definition) is 1. The van der Waals surface area contributed by atoms with E-state index in [1.807, 2.05) is 0 Å². The molecule has 19 heavy (non-hydrogen) atoms. The molecule has 0 aliphatic heterocycles. The first-order valence-corrected chi connectivity index (χ1v) is 7.17. The van der Waals surface area contributed by atoms with Crippen molar-refractivity contribution in [2.45, 2.75) is 33.7 Å². The summed E-state index contributed by atoms with van der Waals surface area (Å²) in [6.45, 7) is 9.20. The van der Waals surface area contributed by atoms with Crippen LogP contribution in [0.15, 0.2) is 12.1 Å². The lowest BCUT2D eigenvalue weighted by molar-refractivity contribution is 0.234. The van der Waals surface area contributed by atoms with E-state index in [0.29, 0.717) is 23.2 Å². The van der Waals surface area contributed by atoms with Crippen LogP contribution in [0.5, 0.6) is 11.5 Å². The quantitative estimate of drug-likeness (QED) is 0.824. The lowest BCUT2D eigenvalue weighted by atomic mass is 10.1. The van der Waals surface area contributed by atoms with Crippen molar-refractivity contribution in [1.29, 1.82) is 0 Å². The number of rotatable bonds is 7. The minimum Gasteiger partial charge on any atom is -0.504 e. The molecule has 1 aromatic rings. The zero-order chi connectivity index (χ0) is 14.4. The van der Waals surface area contributed by atoms with Crippen LogP contribution in [0.3, 0.4) is 0 Å². The van der Waals surface area contributed by atoms with Crippen LogP contribution in [-0.4, -0.2) is 30.2 Å². The van der Waals surface area contributed by atoms with E-state index in [1.165, 1.54) is 7.11 Å². The molecule has 0 heterocycles. The molecule has 0 aromatic heterocycles. The van der Waals surface area contributed by atoms with Gasteiger partial charge in [-0.25, -0.2) is 0 Å². The molecule has 1 rings (SSSR count). The molecule has 0 spiro atoms. The van der Waals surface area contributed by atoms with Gasteiger partial charge in [0.2, 0.25) is 0 Å². The molecule has 108 valence electrons. The molecule has 1 N–H and O–H groups in total. The number of phenolic OH excluding ortho intramolecular Hbond substituents is 1. The number of nitrogens with zero attached hydrogens (tertiary/aromatic N) is 1. The number of phenols is 1. The summed E-state index contributed by atoms with van der Waals surface area (Å²) < 4.78 is 5.13. The number of benzene rings is 1. The second-order valence-corrected chi connectivity index (χ2v) is 5.39. The summed E-state index contributed by atoms with van der Waals surface area (Å²) >= 11 is 6.05. The average Bonchev–Trinajstić information content (AvgIpc) is 2.41. The topological polar surface area (TPSA) is 32.7 Å². The Morgan fingerprint density at radius 1 is 1.37 bits per heavy atom. The van der Waals surface area contributed by atoms with E-state index >= 15 is 0 Å². The van der Waals surface area contributed by atoms with Crippen molar-refractivity contribution in [2.75, 3.05) is 20.2 Å². The number of ether oxygens (including phenoxy) is 1. The van der Waals surface area contributed by atoms with Crippen LogP contribution >= 0.6 is 11.6 Å². The van der Waals surface area contributed by atoms with Crippen molar-refractivity contribution >= 4 is 11.6 Å². The van der Waals surface area contributed by atoms with Crippen LogP contribution in [-0.2, 0) is 6.54 Å². The average molecular weight is 286 g/mol. The molecule has 0 saturated heterocycles. The molecule has 0 saturated carbocycles. The maximum atomic E-state index is 10.1. The summed E-state index contributed by atoms with van der Waals surface area (Å²) in [5.74, 6) is 1.26. The summed E-state index contributed by atoms with van der Waals surface area (Å²) in [7, 11) is 1.53. The second kappa shape index (κ2) is 7.61. The van der Waals surface area contributed by atoms with Gasteiger partial charge in [0, 0.05) is 29.7 Å². The molecule has 0 amide bonds. The first kappa shape index (κ1) is 16.1. The second-order valence-electron chi connectivity index (χ2n) is 4.96. The van der Waals surface area contributed by atoms with E-state index in [0.717, 1.165) is 25.1 Å². The molecule has 1 aromatic carbocycles. The minimum absolute atomic E-state index is 0.189. The van der Waals surface area contributed by atoms with Gasteiger partial charge in [-0.2, -0.15) is 0 Å². The number of aromatic hydroxyl groups is 1. The molecule has 0 aliphatic rings. The van der Waals surface area contributed by atoms with Crippen molar-refractivity contribution in [3.63, 3.8) is 0 Å². The predicted octanol–water partition coefficient (Wildman–Crippen LogP) is 3.92. The highest BCUT2D eigenvalue weighted by molar-refractivity contribution is 6.30. The maximum absolute atomic E-state index is 10.1. The van der Waals surface area contributed by atoms with Gasteiger partial charge in [0.25, 0.3) is 0 Å². The zero-order valence-corrected chi connectivity index (χ0v) is 13.0. The van der Waals surface area contributed by atoms with Crippen LogP contribution in [0.1, 0.15) is 32.8 Å². The lowest BCUT2D eigenvalue weighted by Crippen LogP contribution is -2.27. The molecule has 0 fully saturated rings. The summed E-state index contributed by atoms with van der Waals surface area (Å²) in [6.07, 6.45) is 1.15. The molecule has 0 radical (unpaired) electrons. The highest BCUT2D eigenvalue weighted by Crippen LogP contribution is 2.34. The predicted molar refractivity (Wildman–Crippen MR) is 80.1 cm³/mol. The first-order valence-electron chi connectivity index (χ1n) is 6.79. The van der Waals surface area contributed by atoms with Crippen LogP contribution < -0.4 is 4.74 Å². The van der Waals surface area contributed by atoms with E-state index in [9.17, 15) is 5.11 Å². The summed E-state index contributed by atoms with van der Waals surface area (Å²) in [5, 5.41) is 10.7. The maximum Gasteiger partial charge on any atom is 0.162 e. The third-order valence-electron chi connectivity index (χ3n) is 3.45. The van der Waals surface area contributed by atoms with Crippen molar-refractivity contribution in [2.24, 2.45) is 5.92 Å². The molecule has 3 nitrogen and oxygen atoms in total. The number of halogens is 1. The van der Waals surface area contributed by atoms with Crippen LogP contribution in [0.25, 0.3) is 0 Å². The Labute approximate surface area is 121 Å². The van der Waals surface area contributed by atoms with E-state index in [-0.39, 0.29) is 5.75 Å². The smallest absolute Gasteiger partial charge is 0.162 e. The minimum atomic E-state index is 0.189. The van der Waals surface area contributed by atoms with E-state index in [1.54, 1.807) is 12.1 Å². The Morgan fingerprint density at radius 2 is 2.05 bits per heavy atom. The summed E-state index contributed by atoms with van der Waals surface area (Å²) in [5.41, 5.74) is 0.814. The van der Waals surface area contributed by atoms with Gasteiger partial charge in [-0.3, -0.25) is 4.90 Å². The molecule has 1 unspecified atom stereocenters. The van der Waals surface area contributed by atoms with E-state index in [4.69, 9.17) is 16.3 Å². The van der Waals surface area contributed by atoms with E-state index in [2.05, 4.69) is 25.7 Å². The van der Waals surface area contributed by atoms with Crippen molar-refractivity contribution in [3.05, 3.63) is 22.7 Å². The first-order chi connectivity index (χ1) is 9.01. The van der Waals surface area contributed by atoms with Gasteiger partial charge in [-0.15, -0.1) is 0 Å². The molecule has 1 atom stereocenters. The molecule has 0 bridgehead atoms. The number of hydrogen-bond acceptors (Lipinski definition) is 3. The monoisotopic (exact) mass is 285 g/mol. The third kappa shape index (κ3) is 4.59. The van der Waals surface area contributed by atoms with Gasteiger partial charge < -0.3 is 9.84 Å². The van der Waals surface area contributed by atoms with Gasteiger partial charge in [0.1, 0.15) is 0 Å². The Kier molecular flexibility index (Phi) is 6.46. The Hall–Kier alpha value is -0.930. The largest absolute Gasteiger partial charge is 0.504 e. The fraction of sp³-hybridized carbons (Fsp3) is 0.600. The van der Waals surface area contributed by atoms with Crippen LogP contribution in [0.2, 0.25) is 5.02 Å².